The topological polar surface area (TPSA) is 67.4 Å². The molecule has 2 aliphatic rings. The number of ether oxygens (including phenoxy) is 1. The molecule has 0 bridgehead atoms. The Kier molecular flexibility index (Phi) is 5.59. The number of halogens is 1. The number of fused-ring (bicyclic) bond motifs is 3. The van der Waals surface area contributed by atoms with E-state index >= 15 is 0 Å². The third-order valence-electron chi connectivity index (χ3n) is 6.56. The summed E-state index contributed by atoms with van der Waals surface area (Å²) in [6.45, 7) is 1.84. The van der Waals surface area contributed by atoms with Crippen molar-refractivity contribution in [2.45, 2.75) is 30.2 Å². The van der Waals surface area contributed by atoms with Crippen LogP contribution in [0.15, 0.2) is 77.7 Å². The first-order valence-electron chi connectivity index (χ1n) is 10.9. The molecule has 2 N–H and O–H groups in total. The van der Waals surface area contributed by atoms with Crippen molar-refractivity contribution in [2.75, 3.05) is 17.1 Å². The van der Waals surface area contributed by atoms with Gasteiger partial charge in [-0.15, -0.1) is 0 Å². The number of methoxy groups -OCH3 is 1. The summed E-state index contributed by atoms with van der Waals surface area (Å²) in [4.78, 5) is 0.234. The molecular weight excluding hydrogens is 456 g/mol. The van der Waals surface area contributed by atoms with Gasteiger partial charge in [0.2, 0.25) is 0 Å². The van der Waals surface area contributed by atoms with E-state index < -0.39 is 10.0 Å². The van der Waals surface area contributed by atoms with E-state index in [1.54, 1.807) is 37.4 Å². The summed E-state index contributed by atoms with van der Waals surface area (Å²) in [7, 11) is -2.09. The second-order valence-corrected chi connectivity index (χ2v) is 10.7. The molecule has 1 aliphatic carbocycles. The van der Waals surface area contributed by atoms with Crippen LogP contribution in [0.1, 0.15) is 35.1 Å². The fourth-order valence-electron chi connectivity index (χ4n) is 4.88. The normalized spacial score (nSPS) is 21.1. The summed E-state index contributed by atoms with van der Waals surface area (Å²) < 4.78 is 34.7. The van der Waals surface area contributed by atoms with Crippen LogP contribution in [0.25, 0.3) is 0 Å². The van der Waals surface area contributed by atoms with Crippen molar-refractivity contribution in [3.05, 3.63) is 94.5 Å². The lowest BCUT2D eigenvalue weighted by Crippen LogP contribution is -2.29. The molecule has 0 saturated heterocycles. The number of hydrogen-bond acceptors (Lipinski definition) is 4. The van der Waals surface area contributed by atoms with Crippen LogP contribution in [0.3, 0.4) is 0 Å². The summed E-state index contributed by atoms with van der Waals surface area (Å²) in [5.74, 6) is 1.25. The van der Waals surface area contributed by atoms with E-state index in [0.29, 0.717) is 10.7 Å². The molecule has 1 aliphatic heterocycles. The number of allylic oxidation sites excluding steroid dienone is 2. The van der Waals surface area contributed by atoms with E-state index in [2.05, 4.69) is 28.3 Å². The average molecular weight is 481 g/mol. The number of nitrogens with one attached hydrogen (secondary N) is 2. The van der Waals surface area contributed by atoms with Crippen molar-refractivity contribution in [2.24, 2.45) is 5.92 Å². The Morgan fingerprint density at radius 1 is 1.06 bits per heavy atom. The average Bonchev–Trinajstić information content (AvgIpc) is 3.31. The maximum absolute atomic E-state index is 13.2. The highest BCUT2D eigenvalue weighted by atomic mass is 35.5. The van der Waals surface area contributed by atoms with Gasteiger partial charge >= 0.3 is 0 Å². The Labute approximate surface area is 199 Å². The summed E-state index contributed by atoms with van der Waals surface area (Å²) in [5, 5.41) is 4.13. The molecule has 0 unspecified atom stereocenters. The molecule has 0 radical (unpaired) electrons. The molecule has 3 aromatic carbocycles. The minimum atomic E-state index is -3.77. The minimum Gasteiger partial charge on any atom is -0.496 e. The molecule has 5 nitrogen and oxygen atoms in total. The van der Waals surface area contributed by atoms with Crippen molar-refractivity contribution in [3.63, 3.8) is 0 Å². The minimum absolute atomic E-state index is 0.0725. The van der Waals surface area contributed by atoms with Gasteiger partial charge in [-0.05, 0) is 66.8 Å². The first-order valence-corrected chi connectivity index (χ1v) is 12.7. The van der Waals surface area contributed by atoms with Gasteiger partial charge in [0, 0.05) is 22.2 Å². The van der Waals surface area contributed by atoms with E-state index in [9.17, 15) is 8.42 Å². The van der Waals surface area contributed by atoms with Gasteiger partial charge in [-0.2, -0.15) is 0 Å². The molecule has 5 rings (SSSR count). The van der Waals surface area contributed by atoms with Crippen LogP contribution in [0.2, 0.25) is 5.02 Å². The molecule has 33 heavy (non-hydrogen) atoms. The molecule has 3 atom stereocenters. The summed E-state index contributed by atoms with van der Waals surface area (Å²) in [5.41, 5.74) is 4.33. The highest BCUT2D eigenvalue weighted by Crippen LogP contribution is 2.51. The molecule has 0 amide bonds. The van der Waals surface area contributed by atoms with Crippen molar-refractivity contribution < 1.29 is 13.2 Å². The van der Waals surface area contributed by atoms with Gasteiger partial charge in [0.15, 0.2) is 0 Å². The van der Waals surface area contributed by atoms with Gasteiger partial charge in [-0.3, -0.25) is 4.72 Å². The van der Waals surface area contributed by atoms with Crippen LogP contribution >= 0.6 is 11.6 Å². The van der Waals surface area contributed by atoms with Gasteiger partial charge in [-0.25, -0.2) is 8.42 Å². The summed E-state index contributed by atoms with van der Waals surface area (Å²) in [6.07, 6.45) is 5.29. The Morgan fingerprint density at radius 2 is 1.88 bits per heavy atom. The molecule has 0 saturated carbocycles. The van der Waals surface area contributed by atoms with Crippen molar-refractivity contribution in [1.29, 1.82) is 0 Å². The number of hydrogen-bond donors (Lipinski definition) is 2. The molecule has 0 spiro atoms. The Bertz CT molecular complexity index is 1350. The Hall–Kier alpha value is -2.96. The number of para-hydroxylation sites is 1. The summed E-state index contributed by atoms with van der Waals surface area (Å²) in [6, 6.07) is 18.6. The van der Waals surface area contributed by atoms with Crippen molar-refractivity contribution in [1.82, 2.24) is 0 Å². The highest BCUT2D eigenvalue weighted by Gasteiger charge is 2.39. The Balaban J connectivity index is 1.51. The number of rotatable bonds is 5. The molecule has 0 fully saturated rings. The fourth-order valence-corrected chi connectivity index (χ4v) is 6.21. The molecule has 3 aromatic rings. The number of anilines is 2. The second kappa shape index (κ2) is 8.43. The van der Waals surface area contributed by atoms with E-state index in [1.807, 2.05) is 31.2 Å². The van der Waals surface area contributed by atoms with Gasteiger partial charge in [0.1, 0.15) is 5.75 Å². The van der Waals surface area contributed by atoms with Crippen LogP contribution in [0.4, 0.5) is 11.4 Å². The Morgan fingerprint density at radius 3 is 2.70 bits per heavy atom. The van der Waals surface area contributed by atoms with E-state index in [1.165, 1.54) is 0 Å². The monoisotopic (exact) mass is 480 g/mol. The third-order valence-corrected chi connectivity index (χ3v) is 8.16. The molecular formula is C26H25ClN2O3S. The van der Waals surface area contributed by atoms with Crippen LogP contribution in [0.5, 0.6) is 5.75 Å². The van der Waals surface area contributed by atoms with Crippen LogP contribution < -0.4 is 14.8 Å². The lowest BCUT2D eigenvalue weighted by Gasteiger charge is -2.38. The lowest BCUT2D eigenvalue weighted by molar-refractivity contribution is 0.381. The number of sulfonamides is 1. The zero-order valence-electron chi connectivity index (χ0n) is 18.4. The highest BCUT2D eigenvalue weighted by molar-refractivity contribution is 7.92. The quantitative estimate of drug-likeness (QED) is 0.421. The van der Waals surface area contributed by atoms with Gasteiger partial charge in [0.05, 0.1) is 23.7 Å². The first-order chi connectivity index (χ1) is 15.9. The maximum atomic E-state index is 13.2. The molecule has 1 heterocycles. The zero-order valence-corrected chi connectivity index (χ0v) is 20.0. The van der Waals surface area contributed by atoms with Crippen molar-refractivity contribution in [3.8, 4) is 5.75 Å². The molecule has 170 valence electrons. The second-order valence-electron chi connectivity index (χ2n) is 8.53. The number of aryl methyl sites for hydroxylation is 1. The van der Waals surface area contributed by atoms with E-state index in [0.717, 1.165) is 34.5 Å². The van der Waals surface area contributed by atoms with Gasteiger partial charge in [0.25, 0.3) is 10.0 Å². The van der Waals surface area contributed by atoms with Gasteiger partial charge in [-0.1, -0.05) is 48.0 Å². The maximum Gasteiger partial charge on any atom is 0.261 e. The first kappa shape index (κ1) is 21.9. The summed E-state index contributed by atoms with van der Waals surface area (Å²) >= 11 is 6.07. The molecule has 0 aromatic heterocycles. The third kappa shape index (κ3) is 3.98. The van der Waals surface area contributed by atoms with Crippen LogP contribution in [0, 0.1) is 12.8 Å². The largest absolute Gasteiger partial charge is 0.496 e. The van der Waals surface area contributed by atoms with E-state index in [-0.39, 0.29) is 22.8 Å². The zero-order chi connectivity index (χ0) is 23.2. The number of benzene rings is 3. The lowest BCUT2D eigenvalue weighted by atomic mass is 9.77. The van der Waals surface area contributed by atoms with Crippen molar-refractivity contribution >= 4 is 33.0 Å². The van der Waals surface area contributed by atoms with Crippen LogP contribution in [-0.4, -0.2) is 15.5 Å². The fraction of sp³-hybridized carbons (Fsp3) is 0.231. The van der Waals surface area contributed by atoms with Crippen LogP contribution in [-0.2, 0) is 10.0 Å². The molecule has 7 heteroatoms. The smallest absolute Gasteiger partial charge is 0.261 e. The van der Waals surface area contributed by atoms with E-state index in [4.69, 9.17) is 16.3 Å². The SMILES string of the molecule is COc1ccccc1[C@H]1Nc2ccc(S(=O)(=O)Nc3cc(Cl)ccc3C)cc2[C@H]2C=CC[C@H]21. The predicted octanol–water partition coefficient (Wildman–Crippen LogP) is 6.28. The standard InChI is InChI=1S/C26H25ClN2O3S/c1-16-10-11-17(27)14-24(16)29-33(30,31)18-12-13-23-22(15-18)19-7-5-8-20(19)26(28-23)21-6-3-4-9-25(21)32-2/h3-7,9-15,19-20,26,28-29H,8H2,1-2H3/t19-,20+,26-/m0/s1. The van der Waals surface area contributed by atoms with Gasteiger partial charge < -0.3 is 10.1 Å². The predicted molar refractivity (Wildman–Crippen MR) is 133 cm³/mol.